The van der Waals surface area contributed by atoms with Gasteiger partial charge in [-0.3, -0.25) is 14.5 Å². The number of hydrogen-bond acceptors (Lipinski definition) is 3. The summed E-state index contributed by atoms with van der Waals surface area (Å²) >= 11 is 0. The van der Waals surface area contributed by atoms with Crippen LogP contribution < -0.4 is 4.90 Å². The highest BCUT2D eigenvalue weighted by molar-refractivity contribution is 6.36. The fourth-order valence-corrected chi connectivity index (χ4v) is 3.52. The maximum absolute atomic E-state index is 13.3. The highest BCUT2D eigenvalue weighted by Crippen LogP contribution is 2.37. The van der Waals surface area contributed by atoms with E-state index in [1.165, 1.54) is 19.2 Å². The molecule has 2 aliphatic rings. The fraction of sp³-hybridized carbons (Fsp3) is 0.200. The first-order valence-corrected chi connectivity index (χ1v) is 8.26. The standard InChI is InChI=1S/C20H17FN2O2/c1-22-19(24)17(14-8-10-15(21)11-9-14)18(20(22)25)23-12-4-6-13-5-2-3-7-16(13)23/h2-3,5,7-11H,4,6,12H2,1H3. The van der Waals surface area contributed by atoms with Gasteiger partial charge in [0.25, 0.3) is 11.8 Å². The average Bonchev–Trinajstić information content (AvgIpc) is 2.86. The lowest BCUT2D eigenvalue weighted by Crippen LogP contribution is -2.35. The SMILES string of the molecule is CN1C(=O)C(c2ccc(F)cc2)=C(N2CCCc3ccccc32)C1=O. The van der Waals surface area contributed by atoms with Crippen LogP contribution in [-0.2, 0) is 16.0 Å². The number of amides is 2. The summed E-state index contributed by atoms with van der Waals surface area (Å²) in [7, 11) is 1.48. The highest BCUT2D eigenvalue weighted by atomic mass is 19.1. The second-order valence-corrected chi connectivity index (χ2v) is 6.28. The molecule has 0 saturated heterocycles. The van der Waals surface area contributed by atoms with E-state index in [1.807, 2.05) is 29.2 Å². The molecule has 0 N–H and O–H groups in total. The Balaban J connectivity index is 1.91. The van der Waals surface area contributed by atoms with E-state index < -0.39 is 0 Å². The molecule has 5 heteroatoms. The molecule has 0 aromatic heterocycles. The van der Waals surface area contributed by atoms with Crippen molar-refractivity contribution in [3.63, 3.8) is 0 Å². The van der Waals surface area contributed by atoms with E-state index in [9.17, 15) is 14.0 Å². The third kappa shape index (κ3) is 2.43. The zero-order valence-corrected chi connectivity index (χ0v) is 13.8. The van der Waals surface area contributed by atoms with E-state index in [4.69, 9.17) is 0 Å². The van der Waals surface area contributed by atoms with E-state index in [-0.39, 0.29) is 17.6 Å². The Hall–Kier alpha value is -2.95. The number of benzene rings is 2. The van der Waals surface area contributed by atoms with Gasteiger partial charge in [-0.2, -0.15) is 0 Å². The fourth-order valence-electron chi connectivity index (χ4n) is 3.52. The van der Waals surface area contributed by atoms with Crippen molar-refractivity contribution in [1.29, 1.82) is 0 Å². The van der Waals surface area contributed by atoms with Crippen LogP contribution in [0, 0.1) is 5.82 Å². The topological polar surface area (TPSA) is 40.6 Å². The molecule has 0 spiro atoms. The van der Waals surface area contributed by atoms with Crippen LogP contribution in [0.4, 0.5) is 10.1 Å². The van der Waals surface area contributed by atoms with E-state index in [0.717, 1.165) is 29.0 Å². The van der Waals surface area contributed by atoms with Crippen molar-refractivity contribution < 1.29 is 14.0 Å². The maximum Gasteiger partial charge on any atom is 0.277 e. The van der Waals surface area contributed by atoms with E-state index >= 15 is 0 Å². The van der Waals surface area contributed by atoms with Crippen LogP contribution in [0.5, 0.6) is 0 Å². The quantitative estimate of drug-likeness (QED) is 0.792. The average molecular weight is 336 g/mol. The Morgan fingerprint density at radius 2 is 1.68 bits per heavy atom. The number of fused-ring (bicyclic) bond motifs is 1. The summed E-state index contributed by atoms with van der Waals surface area (Å²) in [4.78, 5) is 28.6. The molecular weight excluding hydrogens is 319 g/mol. The van der Waals surface area contributed by atoms with E-state index in [1.54, 1.807) is 12.1 Å². The molecule has 2 heterocycles. The van der Waals surface area contributed by atoms with Crippen LogP contribution in [0.1, 0.15) is 17.5 Å². The Labute approximate surface area is 145 Å². The first-order valence-electron chi connectivity index (χ1n) is 8.26. The van der Waals surface area contributed by atoms with Gasteiger partial charge in [0.2, 0.25) is 0 Å². The number of carbonyl (C=O) groups excluding carboxylic acids is 2. The number of para-hydroxylation sites is 1. The molecule has 0 aliphatic carbocycles. The Bertz CT molecular complexity index is 902. The normalized spacial score (nSPS) is 17.4. The molecule has 25 heavy (non-hydrogen) atoms. The number of nitrogens with zero attached hydrogens (tertiary/aromatic N) is 2. The summed E-state index contributed by atoms with van der Waals surface area (Å²) in [5, 5.41) is 0. The lowest BCUT2D eigenvalue weighted by Gasteiger charge is -2.31. The van der Waals surface area contributed by atoms with Crippen LogP contribution in [0.2, 0.25) is 0 Å². The van der Waals surface area contributed by atoms with Gasteiger partial charge < -0.3 is 4.90 Å². The van der Waals surface area contributed by atoms with Crippen molar-refractivity contribution in [1.82, 2.24) is 4.90 Å². The molecule has 0 atom stereocenters. The smallest absolute Gasteiger partial charge is 0.277 e. The van der Waals surface area contributed by atoms with Gasteiger partial charge in [0.15, 0.2) is 0 Å². The number of likely N-dealkylation sites (N-methyl/N-ethyl adjacent to an activating group) is 1. The van der Waals surface area contributed by atoms with E-state index in [2.05, 4.69) is 0 Å². The van der Waals surface area contributed by atoms with E-state index in [0.29, 0.717) is 23.4 Å². The summed E-state index contributed by atoms with van der Waals surface area (Å²) in [6, 6.07) is 13.6. The molecule has 0 saturated carbocycles. The first kappa shape index (κ1) is 15.6. The van der Waals surface area contributed by atoms with Crippen LogP contribution in [0.25, 0.3) is 5.57 Å². The summed E-state index contributed by atoms with van der Waals surface area (Å²) < 4.78 is 13.3. The molecule has 2 aromatic carbocycles. The third-order valence-corrected chi connectivity index (χ3v) is 4.78. The molecule has 2 aromatic rings. The van der Waals surface area contributed by atoms with Crippen LogP contribution >= 0.6 is 0 Å². The van der Waals surface area contributed by atoms with Crippen molar-refractivity contribution in [3.8, 4) is 0 Å². The van der Waals surface area contributed by atoms with Crippen LogP contribution in [0.3, 0.4) is 0 Å². The predicted molar refractivity (Wildman–Crippen MR) is 93.2 cm³/mol. The Kier molecular flexibility index (Phi) is 3.64. The number of halogens is 1. The van der Waals surface area contributed by atoms with Crippen molar-refractivity contribution in [2.75, 3.05) is 18.5 Å². The largest absolute Gasteiger partial charge is 0.336 e. The number of carbonyl (C=O) groups is 2. The molecule has 126 valence electrons. The van der Waals surface area contributed by atoms with Gasteiger partial charge in [0.1, 0.15) is 11.5 Å². The maximum atomic E-state index is 13.3. The second-order valence-electron chi connectivity index (χ2n) is 6.28. The molecule has 4 rings (SSSR count). The Morgan fingerprint density at radius 3 is 2.44 bits per heavy atom. The zero-order valence-electron chi connectivity index (χ0n) is 13.8. The van der Waals surface area contributed by atoms with Gasteiger partial charge in [0, 0.05) is 19.3 Å². The number of aryl methyl sites for hydroxylation is 1. The van der Waals surface area contributed by atoms with Crippen molar-refractivity contribution in [2.45, 2.75) is 12.8 Å². The Morgan fingerprint density at radius 1 is 0.960 bits per heavy atom. The third-order valence-electron chi connectivity index (χ3n) is 4.78. The van der Waals surface area contributed by atoms with Crippen molar-refractivity contribution in [2.24, 2.45) is 0 Å². The monoisotopic (exact) mass is 336 g/mol. The minimum absolute atomic E-state index is 0.318. The molecular formula is C20H17FN2O2. The van der Waals surface area contributed by atoms with Gasteiger partial charge >= 0.3 is 0 Å². The van der Waals surface area contributed by atoms with Crippen molar-refractivity contribution >= 4 is 23.1 Å². The van der Waals surface area contributed by atoms with Gasteiger partial charge in [-0.1, -0.05) is 30.3 Å². The summed E-state index contributed by atoms with van der Waals surface area (Å²) in [5.74, 6) is -1.05. The molecule has 0 bridgehead atoms. The van der Waals surface area contributed by atoms with Crippen LogP contribution in [-0.4, -0.2) is 30.3 Å². The lowest BCUT2D eigenvalue weighted by atomic mass is 9.98. The van der Waals surface area contributed by atoms with Crippen molar-refractivity contribution in [3.05, 3.63) is 71.2 Å². The number of anilines is 1. The minimum Gasteiger partial charge on any atom is -0.336 e. The van der Waals surface area contributed by atoms with Gasteiger partial charge in [-0.05, 0) is 42.2 Å². The second kappa shape index (κ2) is 5.84. The number of hydrogen-bond donors (Lipinski definition) is 0. The number of rotatable bonds is 2. The van der Waals surface area contributed by atoms with Crippen LogP contribution in [0.15, 0.2) is 54.2 Å². The van der Waals surface area contributed by atoms with Gasteiger partial charge in [-0.25, -0.2) is 4.39 Å². The number of imide groups is 1. The molecule has 4 nitrogen and oxygen atoms in total. The molecule has 0 radical (unpaired) electrons. The molecule has 0 fully saturated rings. The molecule has 0 unspecified atom stereocenters. The van der Waals surface area contributed by atoms with Gasteiger partial charge in [0.05, 0.1) is 5.57 Å². The minimum atomic E-state index is -0.376. The predicted octanol–water partition coefficient (Wildman–Crippen LogP) is 2.99. The van der Waals surface area contributed by atoms with Gasteiger partial charge in [-0.15, -0.1) is 0 Å². The summed E-state index contributed by atoms with van der Waals surface area (Å²) in [6.45, 7) is 0.671. The lowest BCUT2D eigenvalue weighted by molar-refractivity contribution is -0.135. The molecule has 2 amide bonds. The highest BCUT2D eigenvalue weighted by Gasteiger charge is 2.40. The summed E-state index contributed by atoms with van der Waals surface area (Å²) in [5.41, 5.74) is 3.40. The zero-order chi connectivity index (χ0) is 17.6. The first-order chi connectivity index (χ1) is 12.1. The molecule has 2 aliphatic heterocycles. The summed E-state index contributed by atoms with van der Waals surface area (Å²) in [6.07, 6.45) is 1.85.